The minimum Gasteiger partial charge on any atom is -0.462 e. The third-order valence-corrected chi connectivity index (χ3v) is 4.05. The lowest BCUT2D eigenvalue weighted by atomic mass is 9.87. The zero-order valence-corrected chi connectivity index (χ0v) is 11.2. The lowest BCUT2D eigenvalue weighted by molar-refractivity contribution is -0.144. The number of ketones is 1. The second-order valence-corrected chi connectivity index (χ2v) is 5.45. The molecule has 1 saturated heterocycles. The molecule has 2 aliphatic rings. The first-order valence-corrected chi connectivity index (χ1v) is 6.58. The summed E-state index contributed by atoms with van der Waals surface area (Å²) in [4.78, 5) is 22.5. The van der Waals surface area contributed by atoms with E-state index in [1.165, 1.54) is 5.57 Å². The van der Waals surface area contributed by atoms with Crippen LogP contribution in [0.15, 0.2) is 23.8 Å². The molecule has 1 aliphatic heterocycles. The van der Waals surface area contributed by atoms with Crippen LogP contribution in [0.5, 0.6) is 0 Å². The Labute approximate surface area is 108 Å². The summed E-state index contributed by atoms with van der Waals surface area (Å²) in [6.07, 6.45) is 7.43. The largest absolute Gasteiger partial charge is 0.462 e. The van der Waals surface area contributed by atoms with Crippen molar-refractivity contribution in [3.05, 3.63) is 23.8 Å². The highest BCUT2D eigenvalue weighted by atomic mass is 16.6. The molecule has 0 aromatic heterocycles. The number of esters is 1. The Morgan fingerprint density at radius 3 is 2.83 bits per heavy atom. The van der Waals surface area contributed by atoms with Gasteiger partial charge in [-0.05, 0) is 37.3 Å². The highest BCUT2D eigenvalue weighted by Gasteiger charge is 2.42. The van der Waals surface area contributed by atoms with Crippen molar-refractivity contribution in [1.82, 2.24) is 0 Å². The molecule has 3 nitrogen and oxygen atoms in total. The zero-order valence-electron chi connectivity index (χ0n) is 11.2. The Hall–Kier alpha value is -1.38. The molecule has 18 heavy (non-hydrogen) atoms. The summed E-state index contributed by atoms with van der Waals surface area (Å²) in [5.74, 6) is 0.618. The van der Waals surface area contributed by atoms with E-state index in [1.54, 1.807) is 13.0 Å². The zero-order chi connectivity index (χ0) is 13.3. The van der Waals surface area contributed by atoms with Crippen LogP contribution in [0.4, 0.5) is 0 Å². The first kappa shape index (κ1) is 13.1. The summed E-state index contributed by atoms with van der Waals surface area (Å²) in [5.41, 5.74) is 1.18. The molecular weight excluding hydrogens is 228 g/mol. The van der Waals surface area contributed by atoms with Gasteiger partial charge in [0, 0.05) is 5.92 Å². The fourth-order valence-corrected chi connectivity index (χ4v) is 2.82. The molecule has 3 heteroatoms. The molecule has 0 radical (unpaired) electrons. The highest BCUT2D eigenvalue weighted by Crippen LogP contribution is 2.39. The van der Waals surface area contributed by atoms with Crippen LogP contribution in [0.2, 0.25) is 0 Å². The monoisotopic (exact) mass is 248 g/mol. The highest BCUT2D eigenvalue weighted by molar-refractivity contribution is 5.87. The maximum Gasteiger partial charge on any atom is 0.309 e. The fourth-order valence-electron chi connectivity index (χ4n) is 2.82. The maximum atomic E-state index is 11.6. The fraction of sp³-hybridized carbons (Fsp3) is 0.600. The summed E-state index contributed by atoms with van der Waals surface area (Å²) in [6.45, 7) is 5.62. The van der Waals surface area contributed by atoms with Gasteiger partial charge in [-0.15, -0.1) is 0 Å². The van der Waals surface area contributed by atoms with Gasteiger partial charge in [0.25, 0.3) is 0 Å². The van der Waals surface area contributed by atoms with E-state index in [4.69, 9.17) is 4.74 Å². The molecule has 98 valence electrons. The maximum absolute atomic E-state index is 11.6. The van der Waals surface area contributed by atoms with Crippen LogP contribution in [-0.4, -0.2) is 17.9 Å². The molecule has 0 N–H and O–H groups in total. The summed E-state index contributed by atoms with van der Waals surface area (Å²) in [7, 11) is 0. The van der Waals surface area contributed by atoms with E-state index in [0.717, 1.165) is 12.8 Å². The first-order valence-electron chi connectivity index (χ1n) is 6.58. The molecular formula is C15H20O3. The van der Waals surface area contributed by atoms with Gasteiger partial charge in [0.15, 0.2) is 5.78 Å². The van der Waals surface area contributed by atoms with Gasteiger partial charge in [-0.1, -0.05) is 26.0 Å². The van der Waals surface area contributed by atoms with Crippen molar-refractivity contribution in [2.24, 2.45) is 17.8 Å². The predicted molar refractivity (Wildman–Crippen MR) is 68.8 cm³/mol. The van der Waals surface area contributed by atoms with Crippen molar-refractivity contribution >= 4 is 11.8 Å². The van der Waals surface area contributed by atoms with Gasteiger partial charge >= 0.3 is 5.97 Å². The number of hydrogen-bond donors (Lipinski definition) is 0. The Balaban J connectivity index is 2.15. The Kier molecular flexibility index (Phi) is 3.69. The quantitative estimate of drug-likeness (QED) is 0.557. The summed E-state index contributed by atoms with van der Waals surface area (Å²) in [5, 5.41) is 0. The minimum absolute atomic E-state index is 0.00501. The molecule has 0 saturated carbocycles. The van der Waals surface area contributed by atoms with E-state index < -0.39 is 0 Å². The second-order valence-electron chi connectivity index (χ2n) is 5.45. The molecule has 0 aromatic carbocycles. The summed E-state index contributed by atoms with van der Waals surface area (Å²) in [6, 6.07) is 0. The van der Waals surface area contributed by atoms with E-state index >= 15 is 0 Å². The van der Waals surface area contributed by atoms with Crippen molar-refractivity contribution < 1.29 is 14.3 Å². The molecule has 0 spiro atoms. The van der Waals surface area contributed by atoms with Gasteiger partial charge in [-0.25, -0.2) is 0 Å². The number of carbonyl (C=O) groups excluding carboxylic acids is 2. The van der Waals surface area contributed by atoms with Gasteiger partial charge in [0.1, 0.15) is 6.10 Å². The van der Waals surface area contributed by atoms with Crippen molar-refractivity contribution in [3.63, 3.8) is 0 Å². The standard InChI is InChI=1S/C15H20O3/c1-9-8-14-13(11(3)15(17)18-14)7-6-12(9)5-4-10(2)16/h4-6,9,11,13-14H,7-8H2,1-3H3/b5-4+/t9-,11+,13+,14-/m0/s1. The van der Waals surface area contributed by atoms with Crippen LogP contribution >= 0.6 is 0 Å². The van der Waals surface area contributed by atoms with E-state index in [0.29, 0.717) is 11.8 Å². The van der Waals surface area contributed by atoms with Crippen molar-refractivity contribution in [1.29, 1.82) is 0 Å². The van der Waals surface area contributed by atoms with E-state index in [2.05, 4.69) is 13.0 Å². The predicted octanol–water partition coefficient (Wildman–Crippen LogP) is 2.67. The van der Waals surface area contributed by atoms with Crippen LogP contribution in [0, 0.1) is 17.8 Å². The van der Waals surface area contributed by atoms with Crippen molar-refractivity contribution in [2.75, 3.05) is 0 Å². The average Bonchev–Trinajstić information content (AvgIpc) is 2.46. The molecule has 1 heterocycles. The van der Waals surface area contributed by atoms with Crippen molar-refractivity contribution in [2.45, 2.75) is 39.7 Å². The molecule has 0 amide bonds. The first-order chi connectivity index (χ1) is 8.49. The normalized spacial score (nSPS) is 35.9. The average molecular weight is 248 g/mol. The van der Waals surface area contributed by atoms with Crippen LogP contribution in [0.25, 0.3) is 0 Å². The summed E-state index contributed by atoms with van der Waals surface area (Å²) >= 11 is 0. The van der Waals surface area contributed by atoms with Crippen molar-refractivity contribution in [3.8, 4) is 0 Å². The number of ether oxygens (including phenoxy) is 1. The number of rotatable bonds is 2. The van der Waals surface area contributed by atoms with E-state index in [1.807, 2.05) is 13.0 Å². The third-order valence-electron chi connectivity index (χ3n) is 4.05. The van der Waals surface area contributed by atoms with Gasteiger partial charge < -0.3 is 4.74 Å². The number of allylic oxidation sites excluding steroid dienone is 4. The summed E-state index contributed by atoms with van der Waals surface area (Å²) < 4.78 is 5.44. The Morgan fingerprint density at radius 1 is 1.44 bits per heavy atom. The Bertz CT molecular complexity index is 419. The number of carbonyl (C=O) groups is 2. The van der Waals surface area contributed by atoms with Crippen LogP contribution in [-0.2, 0) is 14.3 Å². The van der Waals surface area contributed by atoms with Crippen LogP contribution in [0.1, 0.15) is 33.6 Å². The topological polar surface area (TPSA) is 43.4 Å². The Morgan fingerprint density at radius 2 is 2.17 bits per heavy atom. The third kappa shape index (κ3) is 2.55. The van der Waals surface area contributed by atoms with Gasteiger partial charge in [0.2, 0.25) is 0 Å². The molecule has 0 unspecified atom stereocenters. The van der Waals surface area contributed by atoms with Crippen LogP contribution < -0.4 is 0 Å². The number of fused-ring (bicyclic) bond motifs is 1. The van der Waals surface area contributed by atoms with Gasteiger partial charge in [-0.3, -0.25) is 9.59 Å². The van der Waals surface area contributed by atoms with Crippen LogP contribution in [0.3, 0.4) is 0 Å². The lowest BCUT2D eigenvalue weighted by Crippen LogP contribution is -2.19. The smallest absolute Gasteiger partial charge is 0.309 e. The van der Waals surface area contributed by atoms with E-state index in [9.17, 15) is 9.59 Å². The van der Waals surface area contributed by atoms with Gasteiger partial charge in [0.05, 0.1) is 5.92 Å². The minimum atomic E-state index is -0.0617. The molecule has 0 aromatic rings. The van der Waals surface area contributed by atoms with Gasteiger partial charge in [-0.2, -0.15) is 0 Å². The SMILES string of the molecule is CC(=O)/C=C/C1=CC[C@H]2[C@H](C[C@@H]1C)OC(=O)[C@@H]2C. The molecule has 1 fully saturated rings. The molecule has 1 aliphatic carbocycles. The molecule has 2 rings (SSSR count). The lowest BCUT2D eigenvalue weighted by Gasteiger charge is -2.17. The molecule has 0 bridgehead atoms. The molecule has 4 atom stereocenters. The second kappa shape index (κ2) is 5.09. The van der Waals surface area contributed by atoms with E-state index in [-0.39, 0.29) is 23.8 Å². The number of hydrogen-bond acceptors (Lipinski definition) is 3.